The van der Waals surface area contributed by atoms with Gasteiger partial charge in [-0.3, -0.25) is 0 Å². The topological polar surface area (TPSA) is 16.4 Å². The molecule has 1 aromatic heterocycles. The Hall–Kier alpha value is -5.86. The monoisotopic (exact) mass is 643 g/mol. The van der Waals surface area contributed by atoms with Crippen molar-refractivity contribution in [3.8, 4) is 33.4 Å². The van der Waals surface area contributed by atoms with Crippen LogP contribution in [0.2, 0.25) is 0 Å². The standard InChI is InChI=1S/C48H37NO/c1-47(2)42-15-9-6-12-36(42)39-28-33(23-25-43(39)47)49(34-22-24-37-35-11-5-8-14-41(35)48(3,4)44(37)29-34)32-20-17-30(18-21-32)31-19-26-46-40(27-31)38-13-7-10-16-45(38)50-46/h5-29H,1-4H3. The number of hydrogen-bond acceptors (Lipinski definition) is 2. The Bertz CT molecular complexity index is 2650. The predicted molar refractivity (Wildman–Crippen MR) is 209 cm³/mol. The quantitative estimate of drug-likeness (QED) is 0.190. The molecule has 0 fully saturated rings. The summed E-state index contributed by atoms with van der Waals surface area (Å²) in [6.07, 6.45) is 0. The van der Waals surface area contributed by atoms with Crippen molar-refractivity contribution in [2.24, 2.45) is 0 Å². The fraction of sp³-hybridized carbons (Fsp3) is 0.125. The van der Waals surface area contributed by atoms with Crippen molar-refractivity contribution in [1.29, 1.82) is 0 Å². The normalized spacial score (nSPS) is 14.7. The molecule has 2 aliphatic carbocycles. The van der Waals surface area contributed by atoms with Gasteiger partial charge in [-0.05, 0) is 110 Å². The van der Waals surface area contributed by atoms with Gasteiger partial charge in [-0.15, -0.1) is 0 Å². The molecule has 0 saturated carbocycles. The summed E-state index contributed by atoms with van der Waals surface area (Å²) in [4.78, 5) is 2.43. The second-order valence-corrected chi connectivity index (χ2v) is 15.0. The number of para-hydroxylation sites is 1. The Morgan fingerprint density at radius 1 is 0.380 bits per heavy atom. The SMILES string of the molecule is CC1(C)c2ccccc2-c2cc(N(c3ccc(-c4ccc5oc6ccccc6c5c4)cc3)c3ccc4c(c3)C(C)(C)c3ccccc3-4)ccc21. The smallest absolute Gasteiger partial charge is 0.135 e. The third kappa shape index (κ3) is 4.08. The lowest BCUT2D eigenvalue weighted by Crippen LogP contribution is -2.17. The number of hydrogen-bond donors (Lipinski definition) is 0. The number of furan rings is 1. The molecule has 2 nitrogen and oxygen atoms in total. The molecular weight excluding hydrogens is 607 g/mol. The molecule has 0 radical (unpaired) electrons. The van der Waals surface area contributed by atoms with Gasteiger partial charge in [0.1, 0.15) is 11.2 Å². The van der Waals surface area contributed by atoms with Crippen LogP contribution in [0.25, 0.3) is 55.3 Å². The zero-order valence-corrected chi connectivity index (χ0v) is 28.8. The average Bonchev–Trinajstić information content (AvgIpc) is 3.71. The van der Waals surface area contributed by atoms with Crippen molar-refractivity contribution < 1.29 is 4.42 Å². The average molecular weight is 644 g/mol. The van der Waals surface area contributed by atoms with Gasteiger partial charge >= 0.3 is 0 Å². The van der Waals surface area contributed by atoms with E-state index in [0.29, 0.717) is 0 Å². The zero-order chi connectivity index (χ0) is 33.8. The van der Waals surface area contributed by atoms with Gasteiger partial charge in [-0.2, -0.15) is 0 Å². The Labute approximate surface area is 293 Å². The van der Waals surface area contributed by atoms with Gasteiger partial charge < -0.3 is 9.32 Å². The van der Waals surface area contributed by atoms with Crippen molar-refractivity contribution in [2.75, 3.05) is 4.90 Å². The van der Waals surface area contributed by atoms with Crippen LogP contribution in [0.3, 0.4) is 0 Å². The van der Waals surface area contributed by atoms with E-state index in [2.05, 4.69) is 172 Å². The summed E-state index contributed by atoms with van der Waals surface area (Å²) in [6.45, 7) is 9.40. The van der Waals surface area contributed by atoms with Crippen LogP contribution in [0.5, 0.6) is 0 Å². The van der Waals surface area contributed by atoms with E-state index in [0.717, 1.165) is 39.0 Å². The summed E-state index contributed by atoms with van der Waals surface area (Å²) in [6, 6.07) is 55.7. The van der Waals surface area contributed by atoms with E-state index in [1.807, 2.05) is 12.1 Å². The Kier molecular flexibility index (Phi) is 6.01. The van der Waals surface area contributed by atoms with Crippen LogP contribution in [0.15, 0.2) is 156 Å². The first kappa shape index (κ1) is 29.1. The molecule has 2 aliphatic rings. The first-order valence-corrected chi connectivity index (χ1v) is 17.6. The summed E-state index contributed by atoms with van der Waals surface area (Å²) in [5, 5.41) is 2.29. The molecule has 8 aromatic rings. The molecular formula is C48H37NO. The Morgan fingerprint density at radius 2 is 0.920 bits per heavy atom. The van der Waals surface area contributed by atoms with E-state index in [-0.39, 0.29) is 10.8 Å². The van der Waals surface area contributed by atoms with Crippen molar-refractivity contribution >= 4 is 39.0 Å². The lowest BCUT2D eigenvalue weighted by molar-refractivity contribution is 0.660. The van der Waals surface area contributed by atoms with Crippen molar-refractivity contribution in [2.45, 2.75) is 38.5 Å². The summed E-state index contributed by atoms with van der Waals surface area (Å²) >= 11 is 0. The fourth-order valence-electron chi connectivity index (χ4n) is 8.83. The molecule has 0 saturated heterocycles. The van der Waals surface area contributed by atoms with E-state index in [4.69, 9.17) is 4.42 Å². The second kappa shape index (κ2) is 10.3. The third-order valence-corrected chi connectivity index (χ3v) is 11.5. The van der Waals surface area contributed by atoms with Crippen LogP contribution < -0.4 is 4.90 Å². The highest BCUT2D eigenvalue weighted by Gasteiger charge is 2.37. The van der Waals surface area contributed by atoms with Crippen molar-refractivity contribution in [3.63, 3.8) is 0 Å². The first-order chi connectivity index (χ1) is 24.3. The Morgan fingerprint density at radius 3 is 1.70 bits per heavy atom. The van der Waals surface area contributed by atoms with Gasteiger partial charge in [-0.1, -0.05) is 125 Å². The molecule has 0 atom stereocenters. The molecule has 7 aromatic carbocycles. The maximum absolute atomic E-state index is 6.12. The van der Waals surface area contributed by atoms with Crippen LogP contribution in [0, 0.1) is 0 Å². The molecule has 2 heteroatoms. The lowest BCUT2D eigenvalue weighted by Gasteiger charge is -2.29. The maximum Gasteiger partial charge on any atom is 0.135 e. The summed E-state index contributed by atoms with van der Waals surface area (Å²) in [7, 11) is 0. The molecule has 10 rings (SSSR count). The van der Waals surface area contributed by atoms with Crippen LogP contribution in [-0.4, -0.2) is 0 Å². The highest BCUT2D eigenvalue weighted by Crippen LogP contribution is 2.53. The number of rotatable bonds is 4. The third-order valence-electron chi connectivity index (χ3n) is 11.5. The molecule has 0 aliphatic heterocycles. The molecule has 0 N–H and O–H groups in total. The van der Waals surface area contributed by atoms with Gasteiger partial charge in [0.25, 0.3) is 0 Å². The summed E-state index contributed by atoms with van der Waals surface area (Å²) < 4.78 is 6.12. The van der Waals surface area contributed by atoms with E-state index in [1.54, 1.807) is 0 Å². The fourth-order valence-corrected chi connectivity index (χ4v) is 8.83. The lowest BCUT2D eigenvalue weighted by atomic mass is 9.82. The van der Waals surface area contributed by atoms with E-state index < -0.39 is 0 Å². The second-order valence-electron chi connectivity index (χ2n) is 15.0. The molecule has 240 valence electrons. The van der Waals surface area contributed by atoms with Gasteiger partial charge in [0.05, 0.1) is 0 Å². The van der Waals surface area contributed by atoms with E-state index in [1.165, 1.54) is 55.6 Å². The largest absolute Gasteiger partial charge is 0.456 e. The number of anilines is 3. The predicted octanol–water partition coefficient (Wildman–Crippen LogP) is 13.3. The highest BCUT2D eigenvalue weighted by molar-refractivity contribution is 6.06. The minimum atomic E-state index is -0.0890. The van der Waals surface area contributed by atoms with Gasteiger partial charge in [0.2, 0.25) is 0 Å². The Balaban J connectivity index is 1.12. The summed E-state index contributed by atoms with van der Waals surface area (Å²) in [5.74, 6) is 0. The minimum absolute atomic E-state index is 0.0400. The van der Waals surface area contributed by atoms with Crippen molar-refractivity contribution in [1.82, 2.24) is 0 Å². The summed E-state index contributed by atoms with van der Waals surface area (Å²) in [5.41, 5.74) is 18.4. The highest BCUT2D eigenvalue weighted by atomic mass is 16.3. The zero-order valence-electron chi connectivity index (χ0n) is 28.8. The molecule has 0 spiro atoms. The molecule has 50 heavy (non-hydrogen) atoms. The van der Waals surface area contributed by atoms with E-state index in [9.17, 15) is 0 Å². The number of fused-ring (bicyclic) bond motifs is 9. The van der Waals surface area contributed by atoms with Crippen LogP contribution in [0.4, 0.5) is 17.1 Å². The van der Waals surface area contributed by atoms with Crippen molar-refractivity contribution in [3.05, 3.63) is 174 Å². The van der Waals surface area contributed by atoms with Gasteiger partial charge in [0, 0.05) is 38.7 Å². The first-order valence-electron chi connectivity index (χ1n) is 17.6. The van der Waals surface area contributed by atoms with Crippen LogP contribution in [0.1, 0.15) is 49.9 Å². The maximum atomic E-state index is 6.12. The minimum Gasteiger partial charge on any atom is -0.456 e. The molecule has 0 unspecified atom stereocenters. The molecule has 0 amide bonds. The van der Waals surface area contributed by atoms with Gasteiger partial charge in [-0.25, -0.2) is 0 Å². The van der Waals surface area contributed by atoms with Gasteiger partial charge in [0.15, 0.2) is 0 Å². The molecule has 0 bridgehead atoms. The van der Waals surface area contributed by atoms with Crippen LogP contribution in [-0.2, 0) is 10.8 Å². The number of nitrogens with zero attached hydrogens (tertiary/aromatic N) is 1. The number of benzene rings is 7. The van der Waals surface area contributed by atoms with E-state index >= 15 is 0 Å². The van der Waals surface area contributed by atoms with Crippen LogP contribution >= 0.6 is 0 Å². The molecule has 1 heterocycles.